The summed E-state index contributed by atoms with van der Waals surface area (Å²) in [5.41, 5.74) is 2.68. The third-order valence-corrected chi connectivity index (χ3v) is 4.93. The molecule has 0 radical (unpaired) electrons. The fourth-order valence-corrected chi connectivity index (χ4v) is 3.72. The Morgan fingerprint density at radius 3 is 2.79 bits per heavy atom. The van der Waals surface area contributed by atoms with Gasteiger partial charge in [-0.3, -0.25) is 4.79 Å². The van der Waals surface area contributed by atoms with Crippen molar-refractivity contribution in [1.29, 1.82) is 0 Å². The second-order valence-corrected chi connectivity index (χ2v) is 6.49. The molecule has 2 heterocycles. The molecule has 1 aliphatic heterocycles. The Labute approximate surface area is 141 Å². The average molecular weight is 323 g/mol. The lowest BCUT2D eigenvalue weighted by molar-refractivity contribution is 0.0858. The number of hydrogen-bond donors (Lipinski definition) is 2. The van der Waals surface area contributed by atoms with Gasteiger partial charge in [-0.15, -0.1) is 0 Å². The Kier molecular flexibility index (Phi) is 3.94. The van der Waals surface area contributed by atoms with Gasteiger partial charge >= 0.3 is 0 Å². The smallest absolute Gasteiger partial charge is 0.255 e. The summed E-state index contributed by atoms with van der Waals surface area (Å²) in [6.45, 7) is 1.87. The summed E-state index contributed by atoms with van der Waals surface area (Å²) in [6, 6.07) is 11.1. The fourth-order valence-electron chi connectivity index (χ4n) is 3.72. The van der Waals surface area contributed by atoms with Crippen molar-refractivity contribution in [3.8, 4) is 0 Å². The highest BCUT2D eigenvalue weighted by Gasteiger charge is 2.33. The van der Waals surface area contributed by atoms with E-state index in [9.17, 15) is 9.90 Å². The van der Waals surface area contributed by atoms with Crippen LogP contribution >= 0.6 is 0 Å². The Balaban J connectivity index is 1.59. The summed E-state index contributed by atoms with van der Waals surface area (Å²) in [6.07, 6.45) is 3.98. The van der Waals surface area contributed by atoms with E-state index >= 15 is 0 Å². The molecular formula is C19H21N3O2. The van der Waals surface area contributed by atoms with Crippen molar-refractivity contribution < 1.29 is 9.90 Å². The molecule has 2 aromatic rings. The number of aliphatic hydroxyl groups is 1. The van der Waals surface area contributed by atoms with E-state index in [1.54, 1.807) is 12.3 Å². The SMILES string of the molecule is O=C(N[C@H]1c2ccccc2C[C@H]1O)c1cccnc1N1CCCC1. The fraction of sp³-hybridized carbons (Fsp3) is 0.368. The summed E-state index contributed by atoms with van der Waals surface area (Å²) in [4.78, 5) is 19.4. The van der Waals surface area contributed by atoms with Gasteiger partial charge in [0.15, 0.2) is 0 Å². The minimum atomic E-state index is -0.585. The van der Waals surface area contributed by atoms with E-state index in [0.717, 1.165) is 42.9 Å². The monoisotopic (exact) mass is 323 g/mol. The van der Waals surface area contributed by atoms with Gasteiger partial charge in [0.1, 0.15) is 5.82 Å². The number of amides is 1. The van der Waals surface area contributed by atoms with Crippen LogP contribution < -0.4 is 10.2 Å². The summed E-state index contributed by atoms with van der Waals surface area (Å²) >= 11 is 0. The lowest BCUT2D eigenvalue weighted by atomic mass is 10.1. The first-order valence-corrected chi connectivity index (χ1v) is 8.51. The lowest BCUT2D eigenvalue weighted by Crippen LogP contribution is -2.35. The number of carbonyl (C=O) groups excluding carboxylic acids is 1. The van der Waals surface area contributed by atoms with Gasteiger partial charge in [-0.2, -0.15) is 0 Å². The van der Waals surface area contributed by atoms with E-state index in [1.165, 1.54) is 0 Å². The van der Waals surface area contributed by atoms with Gasteiger partial charge in [0.05, 0.1) is 17.7 Å². The van der Waals surface area contributed by atoms with E-state index < -0.39 is 6.10 Å². The highest BCUT2D eigenvalue weighted by atomic mass is 16.3. The summed E-state index contributed by atoms with van der Waals surface area (Å²) < 4.78 is 0. The number of carbonyl (C=O) groups is 1. The first-order chi connectivity index (χ1) is 11.7. The highest BCUT2D eigenvalue weighted by molar-refractivity contribution is 5.99. The maximum atomic E-state index is 12.8. The zero-order valence-corrected chi connectivity index (χ0v) is 13.5. The second kappa shape index (κ2) is 6.24. The normalized spacial score (nSPS) is 22.5. The molecule has 24 heavy (non-hydrogen) atoms. The van der Waals surface area contributed by atoms with Gasteiger partial charge in [-0.05, 0) is 36.1 Å². The molecule has 5 nitrogen and oxygen atoms in total. The van der Waals surface area contributed by atoms with E-state index in [1.807, 2.05) is 30.3 Å². The second-order valence-electron chi connectivity index (χ2n) is 6.49. The van der Waals surface area contributed by atoms with Crippen molar-refractivity contribution in [3.05, 3.63) is 59.3 Å². The molecule has 0 unspecified atom stereocenters. The van der Waals surface area contributed by atoms with E-state index in [4.69, 9.17) is 0 Å². The van der Waals surface area contributed by atoms with Gasteiger partial charge in [-0.1, -0.05) is 24.3 Å². The number of rotatable bonds is 3. The Hall–Kier alpha value is -2.40. The molecule has 5 heteroatoms. The van der Waals surface area contributed by atoms with Crippen LogP contribution in [0.15, 0.2) is 42.6 Å². The molecule has 4 rings (SSSR count). The number of aliphatic hydroxyl groups excluding tert-OH is 1. The molecule has 0 saturated carbocycles. The van der Waals surface area contributed by atoms with Crippen LogP contribution in [-0.2, 0) is 6.42 Å². The standard InChI is InChI=1S/C19H21N3O2/c23-16-12-13-6-1-2-7-14(13)17(16)21-19(24)15-8-5-9-20-18(15)22-10-3-4-11-22/h1-2,5-9,16-17,23H,3-4,10-12H2,(H,21,24)/t16-,17+/m1/s1. The van der Waals surface area contributed by atoms with Crippen LogP contribution in [0.2, 0.25) is 0 Å². The van der Waals surface area contributed by atoms with Gasteiger partial charge in [0, 0.05) is 25.7 Å². The zero-order chi connectivity index (χ0) is 16.5. The molecule has 2 N–H and O–H groups in total. The van der Waals surface area contributed by atoms with Crippen LogP contribution in [0.5, 0.6) is 0 Å². The van der Waals surface area contributed by atoms with Gasteiger partial charge in [0.25, 0.3) is 5.91 Å². The van der Waals surface area contributed by atoms with Crippen molar-refractivity contribution in [2.24, 2.45) is 0 Å². The van der Waals surface area contributed by atoms with Crippen LogP contribution in [0.4, 0.5) is 5.82 Å². The molecular weight excluding hydrogens is 302 g/mol. The Morgan fingerprint density at radius 1 is 1.17 bits per heavy atom. The predicted octanol–water partition coefficient (Wildman–Crippen LogP) is 2.07. The average Bonchev–Trinajstić information content (AvgIpc) is 3.24. The van der Waals surface area contributed by atoms with Gasteiger partial charge in [0.2, 0.25) is 0 Å². The first-order valence-electron chi connectivity index (χ1n) is 8.51. The number of fused-ring (bicyclic) bond motifs is 1. The molecule has 2 aliphatic rings. The number of benzene rings is 1. The predicted molar refractivity (Wildman–Crippen MR) is 92.0 cm³/mol. The van der Waals surface area contributed by atoms with Gasteiger partial charge in [-0.25, -0.2) is 4.98 Å². The van der Waals surface area contributed by atoms with Crippen LogP contribution in [0.1, 0.15) is 40.4 Å². The lowest BCUT2D eigenvalue weighted by Gasteiger charge is -2.22. The van der Waals surface area contributed by atoms with E-state index in [0.29, 0.717) is 12.0 Å². The largest absolute Gasteiger partial charge is 0.390 e. The van der Waals surface area contributed by atoms with E-state index in [2.05, 4.69) is 15.2 Å². The topological polar surface area (TPSA) is 65.5 Å². The molecule has 0 bridgehead atoms. The third-order valence-electron chi connectivity index (χ3n) is 4.93. The Morgan fingerprint density at radius 2 is 1.96 bits per heavy atom. The first kappa shape index (κ1) is 15.1. The molecule has 1 amide bonds. The summed E-state index contributed by atoms with van der Waals surface area (Å²) in [5, 5.41) is 13.4. The van der Waals surface area contributed by atoms with Crippen molar-refractivity contribution in [2.75, 3.05) is 18.0 Å². The molecule has 1 saturated heterocycles. The molecule has 124 valence electrons. The number of anilines is 1. The zero-order valence-electron chi connectivity index (χ0n) is 13.5. The van der Waals surface area contributed by atoms with Crippen molar-refractivity contribution in [3.63, 3.8) is 0 Å². The van der Waals surface area contributed by atoms with Crippen LogP contribution in [-0.4, -0.2) is 35.2 Å². The molecule has 1 aromatic heterocycles. The van der Waals surface area contributed by atoms with Crippen molar-refractivity contribution in [2.45, 2.75) is 31.4 Å². The minimum Gasteiger partial charge on any atom is -0.390 e. The number of nitrogens with zero attached hydrogens (tertiary/aromatic N) is 2. The molecule has 1 fully saturated rings. The molecule has 1 aliphatic carbocycles. The maximum absolute atomic E-state index is 12.8. The van der Waals surface area contributed by atoms with Crippen LogP contribution in [0.3, 0.4) is 0 Å². The summed E-state index contributed by atoms with van der Waals surface area (Å²) in [5.74, 6) is 0.569. The molecule has 0 spiro atoms. The van der Waals surface area contributed by atoms with Crippen LogP contribution in [0, 0.1) is 0 Å². The number of pyridine rings is 1. The number of aromatic nitrogens is 1. The molecule has 1 aromatic carbocycles. The van der Waals surface area contributed by atoms with Crippen molar-refractivity contribution in [1.82, 2.24) is 10.3 Å². The Bertz CT molecular complexity index is 756. The number of hydrogen-bond acceptors (Lipinski definition) is 4. The number of nitrogens with one attached hydrogen (secondary N) is 1. The van der Waals surface area contributed by atoms with Crippen molar-refractivity contribution >= 4 is 11.7 Å². The summed E-state index contributed by atoms with van der Waals surface area (Å²) in [7, 11) is 0. The quantitative estimate of drug-likeness (QED) is 0.907. The highest BCUT2D eigenvalue weighted by Crippen LogP contribution is 2.32. The third kappa shape index (κ3) is 2.65. The van der Waals surface area contributed by atoms with E-state index in [-0.39, 0.29) is 11.9 Å². The van der Waals surface area contributed by atoms with Crippen LogP contribution in [0.25, 0.3) is 0 Å². The minimum absolute atomic E-state index is 0.175. The van der Waals surface area contributed by atoms with Gasteiger partial charge < -0.3 is 15.3 Å². The molecule has 2 atom stereocenters. The maximum Gasteiger partial charge on any atom is 0.255 e.